The number of carbonyl (C=O) groups excluding carboxylic acids is 2. The Morgan fingerprint density at radius 3 is 2.34 bits per heavy atom. The van der Waals surface area contributed by atoms with Crippen LogP contribution in [0.15, 0.2) is 54.7 Å². The molecule has 0 atom stereocenters. The summed E-state index contributed by atoms with van der Waals surface area (Å²) in [5.74, 6) is -0.696. The minimum absolute atomic E-state index is 0.0708. The molecule has 0 bridgehead atoms. The predicted molar refractivity (Wildman–Crippen MR) is 113 cm³/mol. The van der Waals surface area contributed by atoms with Crippen LogP contribution in [0.2, 0.25) is 0 Å². The first-order valence-corrected chi connectivity index (χ1v) is 9.39. The molecule has 1 aliphatic rings. The Morgan fingerprint density at radius 2 is 1.72 bits per heavy atom. The molecule has 2 heterocycles. The first-order valence-electron chi connectivity index (χ1n) is 9.39. The molecule has 0 saturated carbocycles. The summed E-state index contributed by atoms with van der Waals surface area (Å²) >= 11 is 0. The number of anilines is 1. The summed E-state index contributed by atoms with van der Waals surface area (Å²) in [6.45, 7) is 4.07. The zero-order chi connectivity index (χ0) is 20.6. The summed E-state index contributed by atoms with van der Waals surface area (Å²) in [5, 5.41) is 8.45. The number of ketones is 1. The van der Waals surface area contributed by atoms with Crippen molar-refractivity contribution in [2.75, 3.05) is 38.1 Å². The average Bonchev–Trinajstić information content (AvgIpc) is 2.77. The Morgan fingerprint density at radius 1 is 1.00 bits per heavy atom. The molecule has 1 aromatic heterocycles. The van der Waals surface area contributed by atoms with Gasteiger partial charge in [-0.3, -0.25) is 19.8 Å². The highest BCUT2D eigenvalue weighted by molar-refractivity contribution is 6.07. The summed E-state index contributed by atoms with van der Waals surface area (Å²) in [6.07, 6.45) is 7.49. The van der Waals surface area contributed by atoms with Gasteiger partial charge < -0.3 is 9.80 Å². The number of allylic oxidation sites excluding steroid dienone is 1. The second-order valence-electron chi connectivity index (χ2n) is 6.86. The van der Waals surface area contributed by atoms with Gasteiger partial charge in [0.1, 0.15) is 0 Å². The number of carbonyl (C=O) groups is 2. The standard InChI is InChI=1S/C22H24N4O3/c1-25-12-14-26(15-13-25)20-8-4-18(5-9-20)21(27)10-3-17-2-6-19(23-16-17)7-11-22(28)24-29/h2-11,16,29H,12-15H2,1H3,(H,24,28)/b10-3+,11-7+. The summed E-state index contributed by atoms with van der Waals surface area (Å²) in [7, 11) is 2.13. The first-order chi connectivity index (χ1) is 14.0. The molecule has 1 aromatic carbocycles. The number of nitrogens with zero attached hydrogens (tertiary/aromatic N) is 3. The molecule has 1 fully saturated rings. The van der Waals surface area contributed by atoms with Gasteiger partial charge in [0.25, 0.3) is 5.91 Å². The number of pyridine rings is 1. The monoisotopic (exact) mass is 392 g/mol. The predicted octanol–water partition coefficient (Wildman–Crippen LogP) is 2.25. The Bertz CT molecular complexity index is 897. The van der Waals surface area contributed by atoms with Crippen LogP contribution in [0.5, 0.6) is 0 Å². The van der Waals surface area contributed by atoms with Crippen LogP contribution in [0.1, 0.15) is 21.6 Å². The van der Waals surface area contributed by atoms with E-state index in [2.05, 4.69) is 21.8 Å². The molecule has 1 saturated heterocycles. The van der Waals surface area contributed by atoms with Crippen molar-refractivity contribution in [1.29, 1.82) is 0 Å². The molecular weight excluding hydrogens is 368 g/mol. The Kier molecular flexibility index (Phi) is 6.89. The maximum Gasteiger partial charge on any atom is 0.267 e. The number of likely N-dealkylation sites (N-methyl/N-ethyl adjacent to an activating group) is 1. The van der Waals surface area contributed by atoms with Gasteiger partial charge in [0, 0.05) is 49.7 Å². The average molecular weight is 392 g/mol. The molecule has 2 aromatic rings. The number of nitrogens with one attached hydrogen (secondary N) is 1. The van der Waals surface area contributed by atoms with Crippen LogP contribution in [-0.2, 0) is 4.79 Å². The molecular formula is C22H24N4O3. The minimum Gasteiger partial charge on any atom is -0.369 e. The van der Waals surface area contributed by atoms with Crippen LogP contribution in [0.25, 0.3) is 12.2 Å². The first kappa shape index (κ1) is 20.4. The lowest BCUT2D eigenvalue weighted by molar-refractivity contribution is -0.124. The number of benzene rings is 1. The quantitative estimate of drug-likeness (QED) is 0.339. The van der Waals surface area contributed by atoms with Crippen molar-refractivity contribution in [3.63, 3.8) is 0 Å². The van der Waals surface area contributed by atoms with E-state index in [1.165, 1.54) is 23.7 Å². The molecule has 0 aliphatic carbocycles. The zero-order valence-corrected chi connectivity index (χ0v) is 16.3. The number of hydroxylamine groups is 1. The molecule has 7 nitrogen and oxygen atoms in total. The summed E-state index contributed by atoms with van der Waals surface area (Å²) in [5.41, 5.74) is 4.63. The van der Waals surface area contributed by atoms with E-state index in [9.17, 15) is 9.59 Å². The molecule has 3 rings (SSSR count). The van der Waals surface area contributed by atoms with Crippen molar-refractivity contribution in [1.82, 2.24) is 15.4 Å². The number of amides is 1. The SMILES string of the molecule is CN1CCN(c2ccc(C(=O)/C=C/c3ccc(/C=C/C(=O)NO)nc3)cc2)CC1. The van der Waals surface area contributed by atoms with E-state index in [0.29, 0.717) is 11.3 Å². The second kappa shape index (κ2) is 9.77. The van der Waals surface area contributed by atoms with Gasteiger partial charge in [-0.2, -0.15) is 0 Å². The van der Waals surface area contributed by atoms with E-state index in [0.717, 1.165) is 37.4 Å². The molecule has 29 heavy (non-hydrogen) atoms. The second-order valence-corrected chi connectivity index (χ2v) is 6.86. The molecule has 0 radical (unpaired) electrons. The van der Waals surface area contributed by atoms with Crippen LogP contribution < -0.4 is 10.4 Å². The number of hydrogen-bond acceptors (Lipinski definition) is 6. The summed E-state index contributed by atoms with van der Waals surface area (Å²) < 4.78 is 0. The number of piperazine rings is 1. The fourth-order valence-corrected chi connectivity index (χ4v) is 2.98. The van der Waals surface area contributed by atoms with Gasteiger partial charge in [-0.25, -0.2) is 5.48 Å². The number of aromatic nitrogens is 1. The zero-order valence-electron chi connectivity index (χ0n) is 16.3. The van der Waals surface area contributed by atoms with Gasteiger partial charge in [-0.1, -0.05) is 6.07 Å². The van der Waals surface area contributed by atoms with Gasteiger partial charge in [-0.05, 0) is 61.2 Å². The molecule has 1 amide bonds. The van der Waals surface area contributed by atoms with Gasteiger partial charge in [0.15, 0.2) is 5.78 Å². The van der Waals surface area contributed by atoms with Crippen molar-refractivity contribution in [2.24, 2.45) is 0 Å². The van der Waals surface area contributed by atoms with Crippen LogP contribution >= 0.6 is 0 Å². The summed E-state index contributed by atoms with van der Waals surface area (Å²) in [4.78, 5) is 32.2. The maximum absolute atomic E-state index is 12.4. The lowest BCUT2D eigenvalue weighted by atomic mass is 10.1. The van der Waals surface area contributed by atoms with Gasteiger partial charge in [0.2, 0.25) is 0 Å². The molecule has 7 heteroatoms. The fraction of sp³-hybridized carbons (Fsp3) is 0.227. The van der Waals surface area contributed by atoms with Crippen molar-refractivity contribution in [2.45, 2.75) is 0 Å². The highest BCUT2D eigenvalue weighted by Crippen LogP contribution is 2.17. The molecule has 0 spiro atoms. The van der Waals surface area contributed by atoms with Crippen LogP contribution in [0.3, 0.4) is 0 Å². The third-order valence-electron chi connectivity index (χ3n) is 4.77. The van der Waals surface area contributed by atoms with Gasteiger partial charge in [-0.15, -0.1) is 0 Å². The normalized spacial score (nSPS) is 15.2. The van der Waals surface area contributed by atoms with Crippen molar-refractivity contribution in [3.8, 4) is 0 Å². The Labute approximate surface area is 169 Å². The van der Waals surface area contributed by atoms with Crippen LogP contribution in [-0.4, -0.2) is 60.0 Å². The van der Waals surface area contributed by atoms with E-state index in [1.54, 1.807) is 24.4 Å². The molecule has 2 N–H and O–H groups in total. The molecule has 1 aliphatic heterocycles. The van der Waals surface area contributed by atoms with E-state index in [1.807, 2.05) is 24.3 Å². The Hall–Kier alpha value is -3.29. The van der Waals surface area contributed by atoms with Gasteiger partial charge in [0.05, 0.1) is 5.69 Å². The van der Waals surface area contributed by atoms with Crippen molar-refractivity contribution in [3.05, 3.63) is 71.6 Å². The van der Waals surface area contributed by atoms with Crippen LogP contribution in [0, 0.1) is 0 Å². The lowest BCUT2D eigenvalue weighted by Gasteiger charge is -2.34. The third kappa shape index (κ3) is 5.84. The fourth-order valence-electron chi connectivity index (χ4n) is 2.98. The van der Waals surface area contributed by atoms with Crippen LogP contribution in [0.4, 0.5) is 5.69 Å². The summed E-state index contributed by atoms with van der Waals surface area (Å²) in [6, 6.07) is 11.2. The largest absolute Gasteiger partial charge is 0.369 e. The highest BCUT2D eigenvalue weighted by atomic mass is 16.5. The highest BCUT2D eigenvalue weighted by Gasteiger charge is 2.14. The number of rotatable bonds is 6. The van der Waals surface area contributed by atoms with E-state index in [-0.39, 0.29) is 5.78 Å². The maximum atomic E-state index is 12.4. The molecule has 150 valence electrons. The van der Waals surface area contributed by atoms with E-state index >= 15 is 0 Å². The number of hydrogen-bond donors (Lipinski definition) is 2. The lowest BCUT2D eigenvalue weighted by Crippen LogP contribution is -2.44. The van der Waals surface area contributed by atoms with Crippen molar-refractivity contribution >= 4 is 29.5 Å². The minimum atomic E-state index is -0.625. The van der Waals surface area contributed by atoms with E-state index in [4.69, 9.17) is 5.21 Å². The molecule has 0 unspecified atom stereocenters. The van der Waals surface area contributed by atoms with Gasteiger partial charge >= 0.3 is 0 Å². The smallest absolute Gasteiger partial charge is 0.267 e. The third-order valence-corrected chi connectivity index (χ3v) is 4.77. The topological polar surface area (TPSA) is 85.8 Å². The van der Waals surface area contributed by atoms with Crippen molar-refractivity contribution < 1.29 is 14.8 Å². The Balaban J connectivity index is 1.58. The van der Waals surface area contributed by atoms with E-state index < -0.39 is 5.91 Å².